The zero-order valence-electron chi connectivity index (χ0n) is 82.5. The largest absolute Gasteiger partial charge is 0.459 e. The van der Waals surface area contributed by atoms with Gasteiger partial charge in [0.1, 0.15) is 83.1 Å². The van der Waals surface area contributed by atoms with Crippen LogP contribution in [0.1, 0.15) is 260 Å². The number of carbonyl (C=O) groups excluding carboxylic acids is 2. The molecular weight excluding hydrogens is 1800 g/mol. The molecule has 0 radical (unpaired) electrons. The van der Waals surface area contributed by atoms with Gasteiger partial charge in [-0.2, -0.15) is 0 Å². The van der Waals surface area contributed by atoms with Crippen LogP contribution in [0.5, 0.6) is 0 Å². The minimum Gasteiger partial charge on any atom is -0.459 e. The monoisotopic (exact) mass is 1960 g/mol. The smallest absolute Gasteiger partial charge is 0.308 e. The molecule has 32 nitrogen and oxygen atoms in total. The average molecular weight is 1960 g/mol. The molecule has 33 heteroatoms. The van der Waals surface area contributed by atoms with E-state index < -0.39 is 125 Å². The predicted molar refractivity (Wildman–Crippen MR) is 494 cm³/mol. The molecule has 3 saturated carbocycles. The molecule has 51 atom stereocenters. The van der Waals surface area contributed by atoms with Gasteiger partial charge < -0.3 is 130 Å². The highest BCUT2D eigenvalue weighted by molar-refractivity contribution is 7.90. The maximum atomic E-state index is 14.6. The Morgan fingerprint density at radius 3 is 1.46 bits per heavy atom. The summed E-state index contributed by atoms with van der Waals surface area (Å²) in [5.41, 5.74) is 4.43. The van der Waals surface area contributed by atoms with Crippen LogP contribution < -0.4 is 5.90 Å². The third-order valence-electron chi connectivity index (χ3n) is 37.4. The fraction of sp³-hybridized carbons (Fsp3) is 0.905. The number of aliphatic hydroxyl groups excluding tert-OH is 4. The van der Waals surface area contributed by atoms with Gasteiger partial charge in [-0.25, -0.2) is 14.3 Å². The maximum absolute atomic E-state index is 14.6. The molecule has 24 bridgehead atoms. The number of nitrogens with two attached hydrogens (primary N) is 1. The van der Waals surface area contributed by atoms with Crippen LogP contribution in [0.2, 0.25) is 0 Å². The molecule has 23 saturated heterocycles. The van der Waals surface area contributed by atoms with Crippen molar-refractivity contribution in [3.63, 3.8) is 0 Å². The molecule has 7 N–H and O–H groups in total. The second kappa shape index (κ2) is 40.0. The molecule has 0 aromatic heterocycles. The van der Waals surface area contributed by atoms with Gasteiger partial charge in [0.25, 0.3) is 0 Å². The second-order valence-corrected chi connectivity index (χ2v) is 49.2. The van der Waals surface area contributed by atoms with Crippen molar-refractivity contribution in [1.82, 2.24) is 0 Å². The highest BCUT2D eigenvalue weighted by Crippen LogP contribution is 2.62. The van der Waals surface area contributed by atoms with E-state index in [2.05, 4.69) is 60.3 Å². The number of allylic oxidation sites excluding steroid dienone is 2. The van der Waals surface area contributed by atoms with Gasteiger partial charge in [-0.3, -0.25) is 9.59 Å². The summed E-state index contributed by atoms with van der Waals surface area (Å²) in [5, 5.41) is 47.7. The lowest BCUT2D eigenvalue weighted by Gasteiger charge is -2.51. The first-order chi connectivity index (χ1) is 66.2. The summed E-state index contributed by atoms with van der Waals surface area (Å²) < 4.78 is 174. The van der Waals surface area contributed by atoms with E-state index in [1.807, 2.05) is 13.8 Å². The molecule has 3 aliphatic carbocycles. The van der Waals surface area contributed by atoms with Gasteiger partial charge in [0.15, 0.2) is 23.5 Å². The fourth-order valence-electron chi connectivity index (χ4n) is 31.5. The number of hydrogen-bond acceptors (Lipinski definition) is 32. The number of esters is 2. The minimum atomic E-state index is -3.44. The third kappa shape index (κ3) is 19.5. The van der Waals surface area contributed by atoms with E-state index in [0.717, 1.165) is 121 Å². The van der Waals surface area contributed by atoms with Crippen molar-refractivity contribution in [3.05, 3.63) is 48.6 Å². The Kier molecular flexibility index (Phi) is 29.2. The lowest BCUT2D eigenvalue weighted by Crippen LogP contribution is -2.62. The van der Waals surface area contributed by atoms with Gasteiger partial charge in [0.05, 0.1) is 177 Å². The summed E-state index contributed by atoms with van der Waals surface area (Å²) in [4.78, 5) is 28.6. The van der Waals surface area contributed by atoms with E-state index in [9.17, 15) is 38.4 Å². The normalized spacial score (nSPS) is 52.9. The van der Waals surface area contributed by atoms with Gasteiger partial charge in [0.2, 0.25) is 0 Å². The molecular formula is C105H159NO31S. The molecule has 23 heterocycles. The Balaban J connectivity index is 0.000000169. The van der Waals surface area contributed by atoms with Crippen LogP contribution in [0.15, 0.2) is 48.6 Å². The van der Waals surface area contributed by atoms with E-state index in [4.69, 9.17) is 116 Å². The van der Waals surface area contributed by atoms with E-state index >= 15 is 0 Å². The summed E-state index contributed by atoms with van der Waals surface area (Å²) in [7, 11) is -1.90. The first kappa shape index (κ1) is 101. The van der Waals surface area contributed by atoms with E-state index in [1.54, 1.807) is 0 Å². The van der Waals surface area contributed by atoms with E-state index in [1.165, 1.54) is 23.8 Å². The highest BCUT2D eigenvalue weighted by atomic mass is 32.2. The molecule has 138 heavy (non-hydrogen) atoms. The van der Waals surface area contributed by atoms with Gasteiger partial charge in [0, 0.05) is 83.5 Å². The summed E-state index contributed by atoms with van der Waals surface area (Å²) in [6.45, 7) is 33.2. The number of ether oxygens (including phenoxy) is 22. The van der Waals surface area contributed by atoms with Crippen molar-refractivity contribution in [3.8, 4) is 0 Å². The van der Waals surface area contributed by atoms with Crippen LogP contribution in [0.25, 0.3) is 0 Å². The summed E-state index contributed by atoms with van der Waals surface area (Å²) in [5.74, 6) is 2.45. The molecule has 26 rings (SSSR count). The number of hydrogen-bond donors (Lipinski definition) is 6. The quantitative estimate of drug-likeness (QED) is 0.0709. The Morgan fingerprint density at radius 2 is 0.913 bits per heavy atom. The molecule has 4 spiro atoms. The van der Waals surface area contributed by atoms with Crippen LogP contribution in [-0.2, 0) is 124 Å². The Hall–Kier alpha value is -3.19. The van der Waals surface area contributed by atoms with Crippen molar-refractivity contribution in [2.75, 3.05) is 25.7 Å². The molecule has 26 fully saturated rings. The molecule has 0 amide bonds. The predicted octanol–water partition coefficient (Wildman–Crippen LogP) is 10.5. The Bertz CT molecular complexity index is 4490. The zero-order valence-corrected chi connectivity index (χ0v) is 83.4. The van der Waals surface area contributed by atoms with Crippen LogP contribution in [0.3, 0.4) is 0 Å². The molecule has 0 aromatic carbocycles. The number of methoxy groups -OCH3 is 1. The number of carbonyl (C=O) groups is 2. The van der Waals surface area contributed by atoms with Crippen molar-refractivity contribution in [1.29, 1.82) is 0 Å². The first-order valence-electron chi connectivity index (χ1n) is 53.6. The minimum absolute atomic E-state index is 0.00664. The van der Waals surface area contributed by atoms with Crippen LogP contribution >= 0.6 is 0 Å². The van der Waals surface area contributed by atoms with Crippen molar-refractivity contribution in [2.24, 2.45) is 65.1 Å². The van der Waals surface area contributed by atoms with Crippen LogP contribution in [0.4, 0.5) is 0 Å². The number of fused-ring (bicyclic) bond motifs is 16. The van der Waals surface area contributed by atoms with Crippen molar-refractivity contribution in [2.45, 2.75) is 509 Å². The Morgan fingerprint density at radius 1 is 0.420 bits per heavy atom. The van der Waals surface area contributed by atoms with E-state index in [0.29, 0.717) is 101 Å². The maximum Gasteiger partial charge on any atom is 0.308 e. The van der Waals surface area contributed by atoms with Gasteiger partial charge in [-0.15, -0.1) is 0 Å². The van der Waals surface area contributed by atoms with Gasteiger partial charge in [-0.1, -0.05) is 85.9 Å². The molecule has 26 aliphatic rings. The third-order valence-corrected chi connectivity index (χ3v) is 38.4. The average Bonchev–Trinajstić information content (AvgIpc) is 1.56. The first-order valence-corrected chi connectivity index (χ1v) is 55.6. The summed E-state index contributed by atoms with van der Waals surface area (Å²) in [6.07, 6.45) is 12.0. The van der Waals surface area contributed by atoms with Crippen LogP contribution in [-0.4, -0.2) is 321 Å². The fourth-order valence-corrected chi connectivity index (χ4v) is 32.3. The van der Waals surface area contributed by atoms with E-state index in [-0.39, 0.29) is 219 Å². The summed E-state index contributed by atoms with van der Waals surface area (Å²) >= 11 is 0. The topological polar surface area (TPSA) is 399 Å². The van der Waals surface area contributed by atoms with Gasteiger partial charge >= 0.3 is 11.9 Å². The number of rotatable bonds is 9. The summed E-state index contributed by atoms with van der Waals surface area (Å²) in [6, 6.07) is 0. The lowest BCUT2D eigenvalue weighted by atomic mass is 9.66. The molecule has 23 aliphatic heterocycles. The Labute approximate surface area is 814 Å². The standard InChI is InChI=1S/C62H90O17.C41H60O13S.C2H6.H3NO/c1-28-13-34-7-9-41-29(2)14-39(67-41)11-12-61-26-49-56(78-61)57-58(73-49)59(79-61)55-42(70-57)10-8-38(68-55)18-50(66)74-54-33(6)53-46(69-45(54)16-35(15-34)32(28)5)20-44-48(72-53)25-62(76-44)24-36-23-60(21-30(3)51(36)77-62)22-31(4)52-47(75-60)19-43(71-52)40(65)17-37(64)27-63;1-20-12-23-6-8-28-21(2)13-27(47-28)10-11-41-18-32-37(53-41)38-39(51-32)40(54-41)35-29(50-38)9-7-26(48-35)17-33(43)52-36-30(15-24(14-23)22(20)3)49-31(34(36)46-4)16-25(42)19-55(5,44)45;2*1-2/h28,30-31,33-49,51-59,63-65H,2,5,7-27H2,1,3-4,6H3;20,23-32,34-40,42H,2-3,6-19H2,1,4-5H3;1-2H3;2H,1H2/t28-,30+,31+,33+,34+,35?,36+,37+,38-,39+,40-,41?,42+,43+,44-,45+,46+,47+,48-,49-,51+,52+,53+,54-,55+,56+,57+,58-,59+,60-,61+,62-;20-,23+,24?,25+,26-,27+,28?,29+,30+,31-,32-,34+,35+,36+,37+,38+,39-,40+,41+;;/m11../s1. The molecule has 4 unspecified atom stereocenters. The van der Waals surface area contributed by atoms with Crippen LogP contribution in [0, 0.1) is 59.2 Å². The SMILES string of the molecule is C=C1C[C@@H]2CC[C@@]34C[C@H]5O[C@H]6[C@@H](O3)[C@H]3O[C@H](CC[C@@H]3O[C@H]6[C@H]5O4)CC(=O)O[C@@H]3[C@@H](C)[C@@H]4O[C@@H]5C[C@]6(C[C@@H]7C[C@@]8(C[C@H](C)[C@@H]7O6)C[C@H](C)[C@@H]6O[C@H]([C@H](O)C[C@H](O)CO)C[C@@H]6O8)O[C@@H]5C[C@@H]4O[C@H]3CC3C[C@@H](CCC1O2)C[C@@H](C)C3=C.C=C1C[C@@H]2CC[C@@]34C[C@H]5O[C@H]6[C@@H](O3)[C@H]3O[C@H](CC[C@@H]3O[C@H]6[C@H]5O4)CC(=O)O[C@@H]3[C@@H](OC)[C@@H](C[C@H](O)CS(C)(=O)=O)O[C@H]3CC3C[C@@H](CCC1O2)C[C@@H](C)C3=C.CC.NO. The number of sulfone groups is 1. The number of aliphatic hydroxyl groups is 4. The second-order valence-electron chi connectivity index (χ2n) is 47.1. The highest BCUT2D eigenvalue weighted by Gasteiger charge is 2.73. The zero-order chi connectivity index (χ0) is 96.4. The van der Waals surface area contributed by atoms with Crippen molar-refractivity contribution < 1.29 is 148 Å². The lowest BCUT2D eigenvalue weighted by molar-refractivity contribution is -0.293. The molecule has 776 valence electrons. The molecule has 0 aromatic rings. The van der Waals surface area contributed by atoms with Crippen molar-refractivity contribution >= 4 is 21.8 Å². The van der Waals surface area contributed by atoms with Gasteiger partial charge in [-0.05, 0) is 199 Å².